The van der Waals surface area contributed by atoms with E-state index in [9.17, 15) is 4.79 Å². The molecule has 1 aromatic rings. The van der Waals surface area contributed by atoms with Crippen LogP contribution in [0.4, 0.5) is 10.5 Å². The predicted molar refractivity (Wildman–Crippen MR) is 89.5 cm³/mol. The van der Waals surface area contributed by atoms with Gasteiger partial charge in [0, 0.05) is 18.8 Å². The van der Waals surface area contributed by atoms with E-state index in [4.69, 9.17) is 4.74 Å². The molecule has 0 spiro atoms. The molecule has 2 rings (SSSR count). The Morgan fingerprint density at radius 3 is 2.41 bits per heavy atom. The minimum Gasteiger partial charge on any atom is -0.449 e. The van der Waals surface area contributed by atoms with E-state index in [2.05, 4.69) is 27.6 Å². The van der Waals surface area contributed by atoms with Crippen molar-refractivity contribution in [3.63, 3.8) is 0 Å². The highest BCUT2D eigenvalue weighted by Gasteiger charge is 2.10. The molecule has 1 aromatic carbocycles. The van der Waals surface area contributed by atoms with E-state index in [1.54, 1.807) is 6.92 Å². The number of nitrogens with one attached hydrogen (secondary N) is 1. The number of carbonyl (C=O) groups is 1. The number of nitrogens with zero attached hydrogens (tertiary/aromatic N) is 2. The van der Waals surface area contributed by atoms with E-state index in [1.807, 2.05) is 19.1 Å². The van der Waals surface area contributed by atoms with Crippen molar-refractivity contribution in [3.8, 4) is 0 Å². The molecular formula is C17H25N3O2. The number of rotatable bonds is 4. The maximum absolute atomic E-state index is 11.2. The van der Waals surface area contributed by atoms with Gasteiger partial charge < -0.3 is 9.64 Å². The minimum atomic E-state index is -0.525. The van der Waals surface area contributed by atoms with Gasteiger partial charge in [0.2, 0.25) is 0 Å². The van der Waals surface area contributed by atoms with Crippen molar-refractivity contribution in [2.45, 2.75) is 39.5 Å². The highest BCUT2D eigenvalue weighted by molar-refractivity contribution is 5.99. The summed E-state index contributed by atoms with van der Waals surface area (Å²) in [6, 6.07) is 8.35. The number of ether oxygens (including phenoxy) is 1. The summed E-state index contributed by atoms with van der Waals surface area (Å²) in [5, 5.41) is 4.05. The van der Waals surface area contributed by atoms with Crippen molar-refractivity contribution in [1.29, 1.82) is 0 Å². The van der Waals surface area contributed by atoms with Gasteiger partial charge in [-0.1, -0.05) is 25.0 Å². The molecule has 0 atom stereocenters. The molecule has 0 aromatic heterocycles. The average molecular weight is 303 g/mol. The third kappa shape index (κ3) is 4.76. The van der Waals surface area contributed by atoms with Gasteiger partial charge in [-0.25, -0.2) is 10.2 Å². The van der Waals surface area contributed by atoms with E-state index < -0.39 is 6.09 Å². The third-order valence-electron chi connectivity index (χ3n) is 3.85. The first-order chi connectivity index (χ1) is 10.7. The average Bonchev–Trinajstić information content (AvgIpc) is 2.82. The summed E-state index contributed by atoms with van der Waals surface area (Å²) >= 11 is 0. The lowest BCUT2D eigenvalue weighted by Crippen LogP contribution is -2.23. The maximum Gasteiger partial charge on any atom is 0.427 e. The lowest BCUT2D eigenvalue weighted by Gasteiger charge is -2.22. The van der Waals surface area contributed by atoms with Crippen LogP contribution in [-0.2, 0) is 4.74 Å². The molecule has 0 bridgehead atoms. The van der Waals surface area contributed by atoms with Gasteiger partial charge in [0.25, 0.3) is 0 Å². The smallest absolute Gasteiger partial charge is 0.427 e. The van der Waals surface area contributed by atoms with E-state index in [0.717, 1.165) is 24.4 Å². The van der Waals surface area contributed by atoms with Crippen molar-refractivity contribution in [2.75, 3.05) is 24.6 Å². The van der Waals surface area contributed by atoms with E-state index in [0.29, 0.717) is 6.61 Å². The first-order valence-electron chi connectivity index (χ1n) is 8.03. The summed E-state index contributed by atoms with van der Waals surface area (Å²) in [6.07, 6.45) is 4.68. The Morgan fingerprint density at radius 2 is 1.82 bits per heavy atom. The zero-order valence-electron chi connectivity index (χ0n) is 13.5. The fourth-order valence-electron chi connectivity index (χ4n) is 2.60. The van der Waals surface area contributed by atoms with Gasteiger partial charge >= 0.3 is 6.09 Å². The zero-order chi connectivity index (χ0) is 15.8. The van der Waals surface area contributed by atoms with Crippen molar-refractivity contribution >= 4 is 17.5 Å². The van der Waals surface area contributed by atoms with Crippen LogP contribution in [0.2, 0.25) is 0 Å². The summed E-state index contributed by atoms with van der Waals surface area (Å²) in [4.78, 5) is 13.7. The first kappa shape index (κ1) is 16.3. The van der Waals surface area contributed by atoms with Gasteiger partial charge in [-0.15, -0.1) is 0 Å². The largest absolute Gasteiger partial charge is 0.449 e. The quantitative estimate of drug-likeness (QED) is 0.684. The molecule has 1 saturated heterocycles. The van der Waals surface area contributed by atoms with E-state index >= 15 is 0 Å². The lowest BCUT2D eigenvalue weighted by atomic mass is 10.1. The second kappa shape index (κ2) is 8.41. The van der Waals surface area contributed by atoms with Crippen LogP contribution >= 0.6 is 0 Å². The van der Waals surface area contributed by atoms with Gasteiger partial charge in [0.15, 0.2) is 0 Å². The molecular weight excluding hydrogens is 278 g/mol. The highest BCUT2D eigenvalue weighted by Crippen LogP contribution is 2.20. The Kier molecular flexibility index (Phi) is 6.25. The topological polar surface area (TPSA) is 53.9 Å². The predicted octanol–water partition coefficient (Wildman–Crippen LogP) is 3.54. The van der Waals surface area contributed by atoms with Crippen LogP contribution in [0, 0.1) is 0 Å². The number of anilines is 1. The standard InChI is InChI=1S/C17H25N3O2/c1-3-22-17(21)19-18-14(2)15-8-10-16(11-9-15)20-12-6-4-5-7-13-20/h8-11H,3-7,12-13H2,1-2H3,(H,19,21). The normalized spacial score (nSPS) is 16.1. The Morgan fingerprint density at radius 1 is 1.18 bits per heavy atom. The highest BCUT2D eigenvalue weighted by atomic mass is 16.5. The van der Waals surface area contributed by atoms with Gasteiger partial charge in [-0.05, 0) is 44.4 Å². The van der Waals surface area contributed by atoms with Crippen LogP contribution in [0.25, 0.3) is 0 Å². The molecule has 0 radical (unpaired) electrons. The number of amides is 1. The molecule has 120 valence electrons. The molecule has 1 fully saturated rings. The molecule has 0 aliphatic carbocycles. The summed E-state index contributed by atoms with van der Waals surface area (Å²) in [7, 11) is 0. The summed E-state index contributed by atoms with van der Waals surface area (Å²) in [5.41, 5.74) is 5.40. The summed E-state index contributed by atoms with van der Waals surface area (Å²) < 4.78 is 4.77. The van der Waals surface area contributed by atoms with Crippen LogP contribution < -0.4 is 10.3 Å². The van der Waals surface area contributed by atoms with Gasteiger partial charge in [-0.2, -0.15) is 5.10 Å². The molecule has 1 N–H and O–H groups in total. The van der Waals surface area contributed by atoms with Crippen molar-refractivity contribution in [3.05, 3.63) is 29.8 Å². The molecule has 0 saturated carbocycles. The molecule has 5 heteroatoms. The van der Waals surface area contributed by atoms with Crippen molar-refractivity contribution in [1.82, 2.24) is 5.43 Å². The number of benzene rings is 1. The number of hydrogen-bond acceptors (Lipinski definition) is 4. The minimum absolute atomic E-state index is 0.338. The van der Waals surface area contributed by atoms with Gasteiger partial charge in [0.05, 0.1) is 12.3 Å². The molecule has 22 heavy (non-hydrogen) atoms. The second-order valence-corrected chi connectivity index (χ2v) is 5.48. The molecule has 1 heterocycles. The monoisotopic (exact) mass is 303 g/mol. The lowest BCUT2D eigenvalue weighted by molar-refractivity contribution is 0.152. The summed E-state index contributed by atoms with van der Waals surface area (Å²) in [6.45, 7) is 6.24. The van der Waals surface area contributed by atoms with Crippen molar-refractivity contribution in [2.24, 2.45) is 5.10 Å². The van der Waals surface area contributed by atoms with Gasteiger partial charge in [-0.3, -0.25) is 0 Å². The number of hydrogen-bond donors (Lipinski definition) is 1. The molecule has 1 aliphatic rings. The Balaban J connectivity index is 1.98. The molecule has 0 unspecified atom stereocenters. The Hall–Kier alpha value is -2.04. The van der Waals surface area contributed by atoms with E-state index in [-0.39, 0.29) is 0 Å². The fourth-order valence-corrected chi connectivity index (χ4v) is 2.60. The second-order valence-electron chi connectivity index (χ2n) is 5.48. The zero-order valence-corrected chi connectivity index (χ0v) is 13.5. The maximum atomic E-state index is 11.2. The van der Waals surface area contributed by atoms with Crippen molar-refractivity contribution < 1.29 is 9.53 Å². The summed E-state index contributed by atoms with van der Waals surface area (Å²) in [5.74, 6) is 0. The molecule has 5 nitrogen and oxygen atoms in total. The Bertz CT molecular complexity index is 503. The number of carbonyl (C=O) groups excluding carboxylic acids is 1. The first-order valence-corrected chi connectivity index (χ1v) is 8.03. The van der Waals surface area contributed by atoms with Crippen LogP contribution in [0.5, 0.6) is 0 Å². The molecule has 1 aliphatic heterocycles. The third-order valence-corrected chi connectivity index (χ3v) is 3.85. The van der Waals surface area contributed by atoms with Crippen LogP contribution in [0.3, 0.4) is 0 Å². The SMILES string of the molecule is CCOC(=O)NN=C(C)c1ccc(N2CCCCCC2)cc1. The van der Waals surface area contributed by atoms with Gasteiger partial charge in [0.1, 0.15) is 0 Å². The van der Waals surface area contributed by atoms with Crippen LogP contribution in [0.15, 0.2) is 29.4 Å². The van der Waals surface area contributed by atoms with Crippen LogP contribution in [0.1, 0.15) is 45.1 Å². The fraction of sp³-hybridized carbons (Fsp3) is 0.529. The Labute approximate surface area is 132 Å². The van der Waals surface area contributed by atoms with Crippen LogP contribution in [-0.4, -0.2) is 31.5 Å². The molecule has 1 amide bonds. The van der Waals surface area contributed by atoms with E-state index in [1.165, 1.54) is 31.4 Å². The number of hydrazone groups is 1.